The van der Waals surface area contributed by atoms with Crippen molar-refractivity contribution in [3.63, 3.8) is 0 Å². The summed E-state index contributed by atoms with van der Waals surface area (Å²) in [4.78, 5) is 31.3. The van der Waals surface area contributed by atoms with Crippen molar-refractivity contribution in [2.24, 2.45) is 0 Å². The van der Waals surface area contributed by atoms with E-state index >= 15 is 0 Å². The number of hydrogen-bond acceptors (Lipinski definition) is 6. The molecule has 1 amide bonds. The molecule has 146 valence electrons. The van der Waals surface area contributed by atoms with Crippen LogP contribution >= 0.6 is 11.3 Å². The van der Waals surface area contributed by atoms with Crippen molar-refractivity contribution in [2.45, 2.75) is 12.5 Å². The Bertz CT molecular complexity index is 1070. The maximum atomic E-state index is 13.3. The number of hydrogen-bond donors (Lipinski definition) is 0. The zero-order valence-electron chi connectivity index (χ0n) is 16.1. The first-order valence-corrected chi connectivity index (χ1v) is 10.0. The van der Waals surface area contributed by atoms with Gasteiger partial charge in [-0.15, -0.1) is 11.3 Å². The number of carbonyl (C=O) groups excluding carboxylic acids is 1. The topological polar surface area (TPSA) is 63.0 Å². The van der Waals surface area contributed by atoms with Crippen LogP contribution in [0.4, 0.5) is 0 Å². The van der Waals surface area contributed by atoms with Gasteiger partial charge in [0.15, 0.2) is 5.43 Å². The van der Waals surface area contributed by atoms with Gasteiger partial charge in [0.2, 0.25) is 5.76 Å². The highest BCUT2D eigenvalue weighted by Crippen LogP contribution is 2.40. The average Bonchev–Trinajstić information content (AvgIpc) is 3.29. The lowest BCUT2D eigenvalue weighted by atomic mass is 10.0. The summed E-state index contributed by atoms with van der Waals surface area (Å²) >= 11 is 1.54. The molecule has 0 radical (unpaired) electrons. The second-order valence-corrected chi connectivity index (χ2v) is 8.09. The van der Waals surface area contributed by atoms with Gasteiger partial charge in [-0.05, 0) is 50.6 Å². The SMILES string of the molecule is COc1ccc2c(=O)c3c(oc2c1)C(=O)N(CCCN(C)C)[C@@H]3c1cccs1. The summed E-state index contributed by atoms with van der Waals surface area (Å²) in [6.45, 7) is 1.42. The van der Waals surface area contributed by atoms with Crippen LogP contribution in [0.15, 0.2) is 44.9 Å². The van der Waals surface area contributed by atoms with Gasteiger partial charge in [-0.25, -0.2) is 0 Å². The molecular weight excluding hydrogens is 376 g/mol. The Morgan fingerprint density at radius 1 is 1.25 bits per heavy atom. The number of benzene rings is 1. The molecule has 0 saturated carbocycles. The molecule has 28 heavy (non-hydrogen) atoms. The number of methoxy groups -OCH3 is 1. The Balaban J connectivity index is 1.85. The third-order valence-electron chi connectivity index (χ3n) is 4.99. The van der Waals surface area contributed by atoms with Crippen molar-refractivity contribution < 1.29 is 13.9 Å². The summed E-state index contributed by atoms with van der Waals surface area (Å²) in [5.74, 6) is 0.502. The van der Waals surface area contributed by atoms with Crippen LogP contribution in [0.25, 0.3) is 11.0 Å². The lowest BCUT2D eigenvalue weighted by Crippen LogP contribution is -2.31. The van der Waals surface area contributed by atoms with E-state index < -0.39 is 6.04 Å². The van der Waals surface area contributed by atoms with Crippen LogP contribution in [0.5, 0.6) is 5.75 Å². The highest BCUT2D eigenvalue weighted by atomic mass is 32.1. The number of nitrogens with zero attached hydrogens (tertiary/aromatic N) is 2. The van der Waals surface area contributed by atoms with Crippen LogP contribution in [0, 0.1) is 0 Å². The van der Waals surface area contributed by atoms with Gasteiger partial charge in [0.05, 0.1) is 24.1 Å². The minimum Gasteiger partial charge on any atom is -0.497 e. The number of fused-ring (bicyclic) bond motifs is 2. The van der Waals surface area contributed by atoms with Gasteiger partial charge < -0.3 is 19.0 Å². The molecule has 0 bridgehead atoms. The van der Waals surface area contributed by atoms with Gasteiger partial charge in [-0.1, -0.05) is 6.07 Å². The normalized spacial score (nSPS) is 16.2. The van der Waals surface area contributed by atoms with E-state index in [0.717, 1.165) is 17.8 Å². The van der Waals surface area contributed by atoms with Crippen molar-refractivity contribution in [2.75, 3.05) is 34.3 Å². The first-order valence-electron chi connectivity index (χ1n) is 9.15. The molecule has 0 aliphatic carbocycles. The number of ether oxygens (including phenoxy) is 1. The van der Waals surface area contributed by atoms with Crippen molar-refractivity contribution in [3.05, 3.63) is 62.1 Å². The molecule has 1 aliphatic heterocycles. The van der Waals surface area contributed by atoms with Crippen molar-refractivity contribution >= 4 is 28.2 Å². The Kier molecular flexibility index (Phi) is 4.95. The average molecular weight is 398 g/mol. The van der Waals surface area contributed by atoms with Gasteiger partial charge in [0, 0.05) is 17.5 Å². The molecule has 1 atom stereocenters. The highest BCUT2D eigenvalue weighted by Gasteiger charge is 2.42. The molecule has 0 saturated heterocycles. The lowest BCUT2D eigenvalue weighted by molar-refractivity contribution is 0.0724. The van der Waals surface area contributed by atoms with Gasteiger partial charge in [0.25, 0.3) is 5.91 Å². The number of rotatable bonds is 6. The molecule has 3 heterocycles. The van der Waals surface area contributed by atoms with E-state index in [1.807, 2.05) is 31.6 Å². The second-order valence-electron chi connectivity index (χ2n) is 7.11. The smallest absolute Gasteiger partial charge is 0.290 e. The van der Waals surface area contributed by atoms with Gasteiger partial charge in [-0.2, -0.15) is 0 Å². The zero-order chi connectivity index (χ0) is 19.8. The van der Waals surface area contributed by atoms with Crippen molar-refractivity contribution in [1.82, 2.24) is 9.80 Å². The predicted octanol–water partition coefficient (Wildman–Crippen LogP) is 3.36. The number of thiophene rings is 1. The molecule has 0 N–H and O–H groups in total. The van der Waals surface area contributed by atoms with Gasteiger partial charge in [-0.3, -0.25) is 9.59 Å². The Morgan fingerprint density at radius 3 is 2.75 bits per heavy atom. The summed E-state index contributed by atoms with van der Waals surface area (Å²) in [5, 5.41) is 2.42. The standard InChI is InChI=1S/C21H22N2O4S/c1-22(2)9-5-10-23-18(16-6-4-11-28-16)17-19(24)14-8-7-13(26-3)12-15(14)27-20(17)21(23)25/h4,6-8,11-12,18H,5,9-10H2,1-3H3/t18-/m1/s1. The molecule has 0 fully saturated rings. The van der Waals surface area contributed by atoms with Crippen LogP contribution in [0.1, 0.15) is 33.5 Å². The van der Waals surface area contributed by atoms with E-state index in [4.69, 9.17) is 9.15 Å². The van der Waals surface area contributed by atoms with Crippen molar-refractivity contribution in [1.29, 1.82) is 0 Å². The molecule has 4 rings (SSSR count). The third kappa shape index (κ3) is 3.10. The van der Waals surface area contributed by atoms with E-state index in [0.29, 0.717) is 28.8 Å². The second kappa shape index (κ2) is 7.41. The maximum absolute atomic E-state index is 13.3. The Hall–Kier alpha value is -2.64. The third-order valence-corrected chi connectivity index (χ3v) is 5.92. The van der Waals surface area contributed by atoms with Gasteiger partial charge >= 0.3 is 0 Å². The molecular formula is C21H22N2O4S. The van der Waals surface area contributed by atoms with E-state index in [1.54, 1.807) is 41.5 Å². The summed E-state index contributed by atoms with van der Waals surface area (Å²) in [6, 6.07) is 8.59. The van der Waals surface area contributed by atoms with Crippen LogP contribution in [-0.4, -0.2) is 50.0 Å². The summed E-state index contributed by atoms with van der Waals surface area (Å²) in [5.41, 5.74) is 0.659. The van der Waals surface area contributed by atoms with E-state index in [2.05, 4.69) is 4.90 Å². The van der Waals surface area contributed by atoms with Crippen LogP contribution in [0.2, 0.25) is 0 Å². The minimum atomic E-state index is -0.396. The quantitative estimate of drug-likeness (QED) is 0.637. The van der Waals surface area contributed by atoms with Crippen LogP contribution < -0.4 is 10.2 Å². The first kappa shape index (κ1) is 18.7. The Labute approximate surface area is 166 Å². The summed E-state index contributed by atoms with van der Waals surface area (Å²) in [6.07, 6.45) is 0.816. The molecule has 6 nitrogen and oxygen atoms in total. The molecule has 1 aliphatic rings. The Morgan fingerprint density at radius 2 is 2.07 bits per heavy atom. The van der Waals surface area contributed by atoms with E-state index in [1.165, 1.54) is 0 Å². The molecule has 1 aromatic carbocycles. The largest absolute Gasteiger partial charge is 0.497 e. The molecule has 3 aromatic rings. The van der Waals surface area contributed by atoms with Gasteiger partial charge in [0.1, 0.15) is 11.3 Å². The number of amides is 1. The fourth-order valence-electron chi connectivity index (χ4n) is 3.66. The number of carbonyl (C=O) groups is 1. The molecule has 0 unspecified atom stereocenters. The molecule has 0 spiro atoms. The van der Waals surface area contributed by atoms with E-state index in [-0.39, 0.29) is 17.1 Å². The predicted molar refractivity (Wildman–Crippen MR) is 109 cm³/mol. The van der Waals surface area contributed by atoms with E-state index in [9.17, 15) is 9.59 Å². The zero-order valence-corrected chi connectivity index (χ0v) is 16.9. The fourth-order valence-corrected chi connectivity index (χ4v) is 4.50. The lowest BCUT2D eigenvalue weighted by Gasteiger charge is -2.24. The van der Waals surface area contributed by atoms with Crippen LogP contribution in [-0.2, 0) is 0 Å². The molecule has 7 heteroatoms. The van der Waals surface area contributed by atoms with Crippen LogP contribution in [0.3, 0.4) is 0 Å². The maximum Gasteiger partial charge on any atom is 0.290 e. The highest BCUT2D eigenvalue weighted by molar-refractivity contribution is 7.10. The molecule has 2 aromatic heterocycles. The first-order chi connectivity index (χ1) is 13.5. The minimum absolute atomic E-state index is 0.147. The summed E-state index contributed by atoms with van der Waals surface area (Å²) in [7, 11) is 5.56. The van der Waals surface area contributed by atoms with Crippen molar-refractivity contribution in [3.8, 4) is 5.75 Å². The summed E-state index contributed by atoms with van der Waals surface area (Å²) < 4.78 is 11.2. The monoisotopic (exact) mass is 398 g/mol. The fraction of sp³-hybridized carbons (Fsp3) is 0.333.